The number of hydrogen-bond donors (Lipinski definition) is 0. The van der Waals surface area contributed by atoms with E-state index in [4.69, 9.17) is 9.40 Å². The van der Waals surface area contributed by atoms with Gasteiger partial charge in [0.05, 0.1) is 0 Å². The summed E-state index contributed by atoms with van der Waals surface area (Å²) in [6.07, 6.45) is 27.7. The fourth-order valence-corrected chi connectivity index (χ4v) is 10.9. The van der Waals surface area contributed by atoms with Gasteiger partial charge in [0.25, 0.3) is 0 Å². The van der Waals surface area contributed by atoms with Gasteiger partial charge in [0.15, 0.2) is 0 Å². The van der Waals surface area contributed by atoms with E-state index in [1.807, 2.05) is 12.3 Å². The van der Waals surface area contributed by atoms with Crippen LogP contribution in [0.4, 0.5) is 0 Å². The third-order valence-electron chi connectivity index (χ3n) is 10.1. The fourth-order valence-electron chi connectivity index (χ4n) is 7.81. The average molecular weight is 756 g/mol. The van der Waals surface area contributed by atoms with Crippen LogP contribution in [-0.4, -0.2) is 55.3 Å². The first-order valence-electron chi connectivity index (χ1n) is 16.7. The van der Waals surface area contributed by atoms with Crippen LogP contribution < -0.4 is 21.2 Å². The van der Waals surface area contributed by atoms with E-state index >= 15 is 0 Å². The molecule has 0 aliphatic carbocycles. The Morgan fingerprint density at radius 3 is 2.24 bits per heavy atom. The summed E-state index contributed by atoms with van der Waals surface area (Å²) in [6.45, 7) is -0.261. The first-order chi connectivity index (χ1) is 24.8. The Labute approximate surface area is 300 Å². The molecule has 1 saturated heterocycles. The van der Waals surface area contributed by atoms with E-state index in [1.165, 1.54) is 29.5 Å². The minimum atomic E-state index is -0.369. The molecule has 6 aliphatic heterocycles. The van der Waals surface area contributed by atoms with Crippen molar-refractivity contribution in [2.75, 3.05) is 0 Å². The third-order valence-corrected chi connectivity index (χ3v) is 13.2. The fraction of sp³-hybridized carbons (Fsp3) is 0. The zero-order chi connectivity index (χ0) is 32.8. The van der Waals surface area contributed by atoms with Crippen LogP contribution in [0.1, 0.15) is 11.1 Å². The molecule has 11 rings (SSSR count). The predicted octanol–water partition coefficient (Wildman–Crippen LogP) is 3.57. The normalized spacial score (nSPS) is 18.3. The number of allylic oxidation sites excluding steroid dienone is 8. The van der Waals surface area contributed by atoms with Gasteiger partial charge in [-0.05, 0) is 12.1 Å². The molecular weight excluding hydrogens is 730 g/mol. The maximum absolute atomic E-state index is 6.37. The van der Waals surface area contributed by atoms with Crippen LogP contribution in [-0.2, 0) is 0 Å². The van der Waals surface area contributed by atoms with Gasteiger partial charge in [-0.3, -0.25) is 0 Å². The van der Waals surface area contributed by atoms with Gasteiger partial charge in [0.1, 0.15) is 5.58 Å². The van der Waals surface area contributed by atoms with Crippen molar-refractivity contribution in [2.24, 2.45) is 0 Å². The van der Waals surface area contributed by atoms with Crippen LogP contribution in [0.5, 0.6) is 0 Å². The van der Waals surface area contributed by atoms with Crippen molar-refractivity contribution >= 4 is 54.2 Å². The van der Waals surface area contributed by atoms with Crippen LogP contribution in [0, 0.1) is 7.27 Å². The second-order valence-electron chi connectivity index (χ2n) is 12.7. The van der Waals surface area contributed by atoms with E-state index in [2.05, 4.69) is 169 Å². The van der Waals surface area contributed by atoms with Crippen molar-refractivity contribution in [1.82, 2.24) is 34.4 Å². The Kier molecular flexibility index (Phi) is 6.18. The molecule has 0 atom stereocenters. The van der Waals surface area contributed by atoms with Crippen molar-refractivity contribution in [1.29, 1.82) is 0 Å². The van der Waals surface area contributed by atoms with Gasteiger partial charge in [0, 0.05) is 17.0 Å². The predicted molar refractivity (Wildman–Crippen MR) is 196 cm³/mol. The van der Waals surface area contributed by atoms with Gasteiger partial charge in [-0.1, -0.05) is 18.2 Å². The van der Waals surface area contributed by atoms with Gasteiger partial charge in [-0.2, -0.15) is 0 Å². The van der Waals surface area contributed by atoms with Crippen molar-refractivity contribution in [3.63, 3.8) is 0 Å². The molecule has 0 N–H and O–H groups in total. The monoisotopic (exact) mass is 756 g/mol. The van der Waals surface area contributed by atoms with Gasteiger partial charge < -0.3 is 4.42 Å². The molecule has 0 saturated carbocycles. The number of hydrogen-bond acceptors (Lipinski definition) is 8. The number of aromatic nitrogens is 2. The van der Waals surface area contributed by atoms with E-state index in [9.17, 15) is 0 Å². The van der Waals surface area contributed by atoms with Gasteiger partial charge in [-0.25, -0.2) is 4.98 Å². The molecule has 6 aliphatic rings. The van der Waals surface area contributed by atoms with Crippen molar-refractivity contribution in [3.8, 4) is 11.1 Å². The van der Waals surface area contributed by atoms with Crippen LogP contribution in [0.25, 0.3) is 44.3 Å². The Bertz CT molecular complexity index is 2500. The first kappa shape index (κ1) is 28.2. The number of hydrazine groups is 2. The number of furan rings is 1. The summed E-state index contributed by atoms with van der Waals surface area (Å²) >= 11 is -0.369. The van der Waals surface area contributed by atoms with Gasteiger partial charge in [0.2, 0.25) is 5.71 Å². The molecule has 8 nitrogen and oxygen atoms in total. The Morgan fingerprint density at radius 2 is 1.28 bits per heavy atom. The zero-order valence-corrected chi connectivity index (χ0v) is 28.8. The number of para-hydroxylation sites is 1. The molecule has 0 spiro atoms. The summed E-state index contributed by atoms with van der Waals surface area (Å²) in [6, 6.07) is 21.4. The zero-order valence-electron chi connectivity index (χ0n) is 26.7. The first-order valence-corrected chi connectivity index (χ1v) is 18.9. The molecule has 0 amide bonds. The number of pyridine rings is 2. The maximum atomic E-state index is 6.37. The molecule has 0 radical (unpaired) electrons. The van der Waals surface area contributed by atoms with E-state index in [1.54, 1.807) is 6.20 Å². The molecule has 3 aromatic heterocycles. The third kappa shape index (κ3) is 4.14. The van der Waals surface area contributed by atoms with Crippen molar-refractivity contribution in [3.05, 3.63) is 177 Å². The number of benzene rings is 2. The number of fused-ring (bicyclic) bond motifs is 14. The molecule has 5 aromatic rings. The SMILES string of the molecule is C1=CB2N(C=C1)B1C=C(c3cccc4c3[I-]c3ncccc3-4)C=CN1N1C=CC=CN1B1C=C(c3cccc4c3oc3ncccc34)C=CN21. The summed E-state index contributed by atoms with van der Waals surface area (Å²) in [5, 5.41) is 4.33. The quantitative estimate of drug-likeness (QED) is 0.151. The number of nitrogens with zero attached hydrogens (tertiary/aromatic N) is 7. The Morgan fingerprint density at radius 1 is 0.580 bits per heavy atom. The van der Waals surface area contributed by atoms with Gasteiger partial charge in [-0.15, -0.1) is 0 Å². The second-order valence-corrected chi connectivity index (χ2v) is 15.4. The van der Waals surface area contributed by atoms with E-state index in [0.717, 1.165) is 27.5 Å². The van der Waals surface area contributed by atoms with Crippen LogP contribution in [0.3, 0.4) is 0 Å². The molecule has 2 aromatic carbocycles. The van der Waals surface area contributed by atoms with Crippen molar-refractivity contribution in [2.45, 2.75) is 0 Å². The number of rotatable bonds is 2. The summed E-state index contributed by atoms with van der Waals surface area (Å²) < 4.78 is 14.0. The molecular formula is C38H26B3IN7O-. The molecule has 9 heterocycles. The summed E-state index contributed by atoms with van der Waals surface area (Å²) in [4.78, 5) is 13.9. The van der Waals surface area contributed by atoms with E-state index < -0.39 is 0 Å². The second kappa shape index (κ2) is 10.9. The summed E-state index contributed by atoms with van der Waals surface area (Å²) in [5.74, 6) is 7.05. The summed E-state index contributed by atoms with van der Waals surface area (Å²) in [5.41, 5.74) is 8.84. The average Bonchev–Trinajstić information content (AvgIpc) is 3.76. The molecule has 0 bridgehead atoms. The molecule has 236 valence electrons. The molecule has 50 heavy (non-hydrogen) atoms. The molecule has 0 unspecified atom stereocenters. The number of halogens is 1. The van der Waals surface area contributed by atoms with E-state index in [-0.39, 0.29) is 42.2 Å². The van der Waals surface area contributed by atoms with Crippen molar-refractivity contribution < 1.29 is 25.6 Å². The molecule has 1 fully saturated rings. The topological polar surface area (TPSA) is 55.1 Å². The summed E-state index contributed by atoms with van der Waals surface area (Å²) in [7, 11) is 0. The Hall–Kier alpha value is -5.62. The Balaban J connectivity index is 1.02. The van der Waals surface area contributed by atoms with E-state index in [0.29, 0.717) is 5.71 Å². The standard InChI is InChI=1S/C38H26B3IN7O/c1-2-20-45-39(17-1)46-23-15-28(30-10-6-12-32-34-14-8-19-44-38(34)50-36(30)32)26-41(46)47-21-3-4-22-49(47)48-24-16-27(25-40(45)48)29-9-5-11-31-33-13-7-18-43-37(33)42-35(29)31/h1-26H/q-1. The van der Waals surface area contributed by atoms with Crippen LogP contribution in [0.15, 0.2) is 163 Å². The molecule has 12 heteroatoms. The minimum absolute atomic E-state index is 0.0365. The van der Waals surface area contributed by atoms with Gasteiger partial charge >= 0.3 is 234 Å². The van der Waals surface area contributed by atoms with Crippen LogP contribution in [0.2, 0.25) is 0 Å². The van der Waals surface area contributed by atoms with Crippen LogP contribution >= 0.6 is 0 Å².